The molecule has 0 radical (unpaired) electrons. The minimum atomic E-state index is -0.157. The quantitative estimate of drug-likeness (QED) is 0.687. The highest BCUT2D eigenvalue weighted by atomic mass is 16.5. The van der Waals surface area contributed by atoms with Crippen molar-refractivity contribution in [2.75, 3.05) is 14.2 Å². The Morgan fingerprint density at radius 3 is 1.67 bits per heavy atom. The number of ketones is 2. The van der Waals surface area contributed by atoms with Crippen molar-refractivity contribution in [3.05, 3.63) is 23.3 Å². The molecule has 0 saturated heterocycles. The zero-order chi connectivity index (χ0) is 11.0. The molecular formula is C11H10O4. The molecule has 78 valence electrons. The molecule has 0 heterocycles. The lowest BCUT2D eigenvalue weighted by atomic mass is 10.1. The van der Waals surface area contributed by atoms with Gasteiger partial charge in [0.25, 0.3) is 0 Å². The molecule has 0 atom stereocenters. The predicted octanol–water partition coefficient (Wildman–Crippen LogP) is 1.47. The summed E-state index contributed by atoms with van der Waals surface area (Å²) < 4.78 is 10.1. The summed E-state index contributed by atoms with van der Waals surface area (Å²) in [6.07, 6.45) is -0.0499. The second kappa shape index (κ2) is 3.38. The summed E-state index contributed by atoms with van der Waals surface area (Å²) in [5.74, 6) is 0.630. The SMILES string of the molecule is COc1cc2c(cc1OC)C(=O)CC2=O. The monoisotopic (exact) mass is 206 g/mol. The van der Waals surface area contributed by atoms with Crippen LogP contribution < -0.4 is 9.47 Å². The number of rotatable bonds is 2. The van der Waals surface area contributed by atoms with Gasteiger partial charge in [0.15, 0.2) is 23.1 Å². The summed E-state index contributed by atoms with van der Waals surface area (Å²) in [6, 6.07) is 3.11. The molecule has 15 heavy (non-hydrogen) atoms. The first-order valence-corrected chi connectivity index (χ1v) is 4.49. The van der Waals surface area contributed by atoms with Crippen LogP contribution >= 0.6 is 0 Å². The highest BCUT2D eigenvalue weighted by Gasteiger charge is 2.29. The van der Waals surface area contributed by atoms with Crippen LogP contribution in [0.25, 0.3) is 0 Å². The molecule has 0 aliphatic heterocycles. The maximum atomic E-state index is 11.4. The minimum Gasteiger partial charge on any atom is -0.493 e. The number of hydrogen-bond donors (Lipinski definition) is 0. The number of carbonyl (C=O) groups excluding carboxylic acids is 2. The standard InChI is InChI=1S/C11H10O4/c1-14-10-3-6-7(4-11(10)15-2)9(13)5-8(6)12/h3-4H,5H2,1-2H3. The number of carbonyl (C=O) groups is 2. The van der Waals surface area contributed by atoms with Crippen LogP contribution in [0, 0.1) is 0 Å². The maximum absolute atomic E-state index is 11.4. The van der Waals surface area contributed by atoms with Gasteiger partial charge in [-0.1, -0.05) is 0 Å². The first-order chi connectivity index (χ1) is 7.17. The summed E-state index contributed by atoms with van der Waals surface area (Å²) in [5.41, 5.74) is 0.857. The van der Waals surface area contributed by atoms with Crippen LogP contribution in [-0.4, -0.2) is 25.8 Å². The molecule has 2 rings (SSSR count). The Kier molecular flexibility index (Phi) is 2.19. The third-order valence-corrected chi connectivity index (χ3v) is 2.45. The van der Waals surface area contributed by atoms with E-state index in [2.05, 4.69) is 0 Å². The molecule has 4 nitrogen and oxygen atoms in total. The van der Waals surface area contributed by atoms with Crippen LogP contribution in [0.2, 0.25) is 0 Å². The van der Waals surface area contributed by atoms with E-state index in [0.29, 0.717) is 22.6 Å². The van der Waals surface area contributed by atoms with Crippen LogP contribution in [-0.2, 0) is 0 Å². The summed E-state index contributed by atoms with van der Waals surface area (Å²) in [5, 5.41) is 0. The molecule has 0 amide bonds. The Labute approximate surface area is 86.8 Å². The number of benzene rings is 1. The number of Topliss-reactive ketones (excluding diaryl/α,β-unsaturated/α-hetero) is 2. The lowest BCUT2D eigenvalue weighted by Crippen LogP contribution is -1.96. The van der Waals surface area contributed by atoms with Crippen LogP contribution in [0.1, 0.15) is 27.1 Å². The van der Waals surface area contributed by atoms with Gasteiger partial charge in [0.1, 0.15) is 0 Å². The van der Waals surface area contributed by atoms with E-state index in [0.717, 1.165) is 0 Å². The summed E-state index contributed by atoms with van der Waals surface area (Å²) in [7, 11) is 2.98. The van der Waals surface area contributed by atoms with E-state index in [-0.39, 0.29) is 18.0 Å². The third-order valence-electron chi connectivity index (χ3n) is 2.45. The van der Waals surface area contributed by atoms with E-state index in [4.69, 9.17) is 9.47 Å². The van der Waals surface area contributed by atoms with Crippen molar-refractivity contribution in [2.45, 2.75) is 6.42 Å². The second-order valence-corrected chi connectivity index (χ2v) is 3.28. The zero-order valence-corrected chi connectivity index (χ0v) is 8.49. The summed E-state index contributed by atoms with van der Waals surface area (Å²) in [4.78, 5) is 22.9. The molecule has 1 aromatic carbocycles. The van der Waals surface area contributed by atoms with Gasteiger partial charge in [-0.25, -0.2) is 0 Å². The Hall–Kier alpha value is -1.84. The smallest absolute Gasteiger partial charge is 0.171 e. The first kappa shape index (κ1) is 9.71. The number of fused-ring (bicyclic) bond motifs is 1. The average Bonchev–Trinajstić information content (AvgIpc) is 2.52. The number of ether oxygens (including phenoxy) is 2. The third kappa shape index (κ3) is 1.38. The van der Waals surface area contributed by atoms with Gasteiger partial charge in [0.05, 0.1) is 20.6 Å². The van der Waals surface area contributed by atoms with Gasteiger partial charge >= 0.3 is 0 Å². The molecular weight excluding hydrogens is 196 g/mol. The Morgan fingerprint density at radius 2 is 1.33 bits per heavy atom. The molecule has 0 spiro atoms. The largest absolute Gasteiger partial charge is 0.493 e. The Bertz CT molecular complexity index is 407. The van der Waals surface area contributed by atoms with E-state index in [1.54, 1.807) is 12.1 Å². The lowest BCUT2D eigenvalue weighted by Gasteiger charge is -2.08. The molecule has 0 unspecified atom stereocenters. The van der Waals surface area contributed by atoms with Crippen molar-refractivity contribution >= 4 is 11.6 Å². The first-order valence-electron chi connectivity index (χ1n) is 4.49. The van der Waals surface area contributed by atoms with E-state index < -0.39 is 0 Å². The molecule has 0 fully saturated rings. The summed E-state index contributed by atoms with van der Waals surface area (Å²) in [6.45, 7) is 0. The maximum Gasteiger partial charge on any atom is 0.171 e. The van der Waals surface area contributed by atoms with Gasteiger partial charge in [0, 0.05) is 11.1 Å². The normalized spacial score (nSPS) is 14.0. The zero-order valence-electron chi connectivity index (χ0n) is 8.49. The van der Waals surface area contributed by atoms with Gasteiger partial charge in [0.2, 0.25) is 0 Å². The fourth-order valence-electron chi connectivity index (χ4n) is 1.68. The van der Waals surface area contributed by atoms with Crippen LogP contribution in [0.3, 0.4) is 0 Å². The molecule has 0 aromatic heterocycles. The van der Waals surface area contributed by atoms with Crippen molar-refractivity contribution in [3.63, 3.8) is 0 Å². The molecule has 1 aliphatic rings. The molecule has 1 aromatic rings. The minimum absolute atomic E-state index is 0.0499. The van der Waals surface area contributed by atoms with Gasteiger partial charge in [-0.2, -0.15) is 0 Å². The Balaban J connectivity index is 2.63. The van der Waals surface area contributed by atoms with Gasteiger partial charge in [-0.3, -0.25) is 9.59 Å². The number of hydrogen-bond acceptors (Lipinski definition) is 4. The topological polar surface area (TPSA) is 52.6 Å². The van der Waals surface area contributed by atoms with Crippen LogP contribution in [0.15, 0.2) is 12.1 Å². The highest BCUT2D eigenvalue weighted by Crippen LogP contribution is 2.34. The average molecular weight is 206 g/mol. The van der Waals surface area contributed by atoms with Crippen LogP contribution in [0.4, 0.5) is 0 Å². The van der Waals surface area contributed by atoms with Gasteiger partial charge < -0.3 is 9.47 Å². The lowest BCUT2D eigenvalue weighted by molar-refractivity contribution is 0.0923. The summed E-state index contributed by atoms with van der Waals surface area (Å²) >= 11 is 0. The fourth-order valence-corrected chi connectivity index (χ4v) is 1.68. The fraction of sp³-hybridized carbons (Fsp3) is 0.273. The Morgan fingerprint density at radius 1 is 0.933 bits per heavy atom. The van der Waals surface area contributed by atoms with E-state index in [1.165, 1.54) is 14.2 Å². The second-order valence-electron chi connectivity index (χ2n) is 3.28. The van der Waals surface area contributed by atoms with Crippen LogP contribution in [0.5, 0.6) is 11.5 Å². The van der Waals surface area contributed by atoms with Crippen molar-refractivity contribution in [1.29, 1.82) is 0 Å². The molecule has 1 aliphatic carbocycles. The van der Waals surface area contributed by atoms with Crippen molar-refractivity contribution in [3.8, 4) is 11.5 Å². The van der Waals surface area contributed by atoms with Crippen molar-refractivity contribution < 1.29 is 19.1 Å². The van der Waals surface area contributed by atoms with E-state index >= 15 is 0 Å². The van der Waals surface area contributed by atoms with E-state index in [9.17, 15) is 9.59 Å². The van der Waals surface area contributed by atoms with Gasteiger partial charge in [-0.15, -0.1) is 0 Å². The molecule has 0 bridgehead atoms. The van der Waals surface area contributed by atoms with Crippen molar-refractivity contribution in [2.24, 2.45) is 0 Å². The van der Waals surface area contributed by atoms with Crippen molar-refractivity contribution in [1.82, 2.24) is 0 Å². The predicted molar refractivity (Wildman–Crippen MR) is 52.8 cm³/mol. The highest BCUT2D eigenvalue weighted by molar-refractivity contribution is 6.24. The molecule has 4 heteroatoms. The molecule has 0 saturated carbocycles. The van der Waals surface area contributed by atoms with Gasteiger partial charge in [-0.05, 0) is 12.1 Å². The molecule has 0 N–H and O–H groups in total. The number of methoxy groups -OCH3 is 2. The van der Waals surface area contributed by atoms with E-state index in [1.807, 2.05) is 0 Å².